The molecule has 2 fully saturated rings. The minimum atomic E-state index is -0.537. The van der Waals surface area contributed by atoms with Crippen LogP contribution in [0.2, 0.25) is 0 Å². The average molecular weight is 463 g/mol. The molecule has 2 unspecified atom stereocenters. The molecule has 7 nitrogen and oxygen atoms in total. The predicted molar refractivity (Wildman–Crippen MR) is 126 cm³/mol. The summed E-state index contributed by atoms with van der Waals surface area (Å²) in [4.78, 5) is 38.2. The third-order valence-electron chi connectivity index (χ3n) is 7.54. The molecule has 1 heterocycles. The second kappa shape index (κ2) is 13.1. The van der Waals surface area contributed by atoms with Crippen molar-refractivity contribution in [2.24, 2.45) is 11.8 Å². The van der Waals surface area contributed by atoms with Gasteiger partial charge in [-0.2, -0.15) is 0 Å². The van der Waals surface area contributed by atoms with Gasteiger partial charge in [-0.15, -0.1) is 0 Å². The molecule has 2 aliphatic carbocycles. The van der Waals surface area contributed by atoms with E-state index in [2.05, 4.69) is 10.6 Å². The van der Waals surface area contributed by atoms with Crippen LogP contribution < -0.4 is 10.6 Å². The van der Waals surface area contributed by atoms with Crippen molar-refractivity contribution in [2.75, 3.05) is 13.2 Å². The maximum absolute atomic E-state index is 13.3. The number of esters is 1. The molecule has 3 N–H and O–H groups in total. The Hall–Kier alpha value is -1.89. The zero-order chi connectivity index (χ0) is 23.5. The molecule has 33 heavy (non-hydrogen) atoms. The van der Waals surface area contributed by atoms with Crippen molar-refractivity contribution in [3.05, 3.63) is 12.2 Å². The molecule has 0 aromatic heterocycles. The SMILES string of the molecule is O=C(CC1CC=CCCCC(=O)OCC(CC2CCCCC2)NC1=O)NC1(CO)CCCC1. The lowest BCUT2D eigenvalue weighted by molar-refractivity contribution is -0.145. The molecule has 0 saturated heterocycles. The van der Waals surface area contributed by atoms with Crippen molar-refractivity contribution < 1.29 is 24.2 Å². The van der Waals surface area contributed by atoms with Crippen LogP contribution in [0.1, 0.15) is 96.3 Å². The van der Waals surface area contributed by atoms with Crippen LogP contribution in [0.25, 0.3) is 0 Å². The molecular formula is C26H42N2O5. The van der Waals surface area contributed by atoms with Gasteiger partial charge in [-0.3, -0.25) is 14.4 Å². The zero-order valence-corrected chi connectivity index (χ0v) is 20.0. The van der Waals surface area contributed by atoms with E-state index in [4.69, 9.17) is 4.74 Å². The van der Waals surface area contributed by atoms with Crippen LogP contribution in [-0.4, -0.2) is 47.7 Å². The van der Waals surface area contributed by atoms with E-state index in [0.717, 1.165) is 51.4 Å². The van der Waals surface area contributed by atoms with E-state index >= 15 is 0 Å². The Labute approximate surface area is 198 Å². The van der Waals surface area contributed by atoms with E-state index in [1.165, 1.54) is 19.3 Å². The Morgan fingerprint density at radius 3 is 2.58 bits per heavy atom. The first-order valence-electron chi connectivity index (χ1n) is 13.0. The van der Waals surface area contributed by atoms with Gasteiger partial charge in [0.1, 0.15) is 6.61 Å². The van der Waals surface area contributed by atoms with Crippen LogP contribution in [0, 0.1) is 11.8 Å². The number of amides is 2. The molecule has 1 aliphatic heterocycles. The van der Waals surface area contributed by atoms with Gasteiger partial charge in [0, 0.05) is 12.8 Å². The van der Waals surface area contributed by atoms with Gasteiger partial charge >= 0.3 is 5.97 Å². The van der Waals surface area contributed by atoms with Crippen molar-refractivity contribution in [1.82, 2.24) is 10.6 Å². The summed E-state index contributed by atoms with van der Waals surface area (Å²) in [6.07, 6.45) is 16.7. The smallest absolute Gasteiger partial charge is 0.305 e. The van der Waals surface area contributed by atoms with Crippen molar-refractivity contribution in [1.29, 1.82) is 0 Å². The number of carbonyl (C=O) groups is 3. The van der Waals surface area contributed by atoms with Gasteiger partial charge in [0.25, 0.3) is 0 Å². The van der Waals surface area contributed by atoms with Crippen LogP contribution >= 0.6 is 0 Å². The summed E-state index contributed by atoms with van der Waals surface area (Å²) in [6, 6.07) is -0.224. The quantitative estimate of drug-likeness (QED) is 0.414. The minimum Gasteiger partial charge on any atom is -0.463 e. The lowest BCUT2D eigenvalue weighted by atomic mass is 9.84. The number of allylic oxidation sites excluding steroid dienone is 2. The van der Waals surface area contributed by atoms with E-state index < -0.39 is 11.5 Å². The summed E-state index contributed by atoms with van der Waals surface area (Å²) in [5.74, 6) is -0.502. The number of aliphatic hydroxyl groups is 1. The lowest BCUT2D eigenvalue weighted by Crippen LogP contribution is -2.50. The van der Waals surface area contributed by atoms with Crippen LogP contribution in [0.15, 0.2) is 12.2 Å². The Bertz CT molecular complexity index is 680. The number of hydrogen-bond acceptors (Lipinski definition) is 5. The summed E-state index contributed by atoms with van der Waals surface area (Å²) in [5.41, 5.74) is -0.537. The maximum Gasteiger partial charge on any atom is 0.305 e. The Morgan fingerprint density at radius 1 is 1.09 bits per heavy atom. The number of cyclic esters (lactones) is 1. The average Bonchev–Trinajstić information content (AvgIpc) is 3.28. The van der Waals surface area contributed by atoms with E-state index in [-0.39, 0.29) is 43.5 Å². The lowest BCUT2D eigenvalue weighted by Gasteiger charge is -2.30. The largest absolute Gasteiger partial charge is 0.463 e. The molecule has 2 saturated carbocycles. The van der Waals surface area contributed by atoms with E-state index in [1.54, 1.807) is 0 Å². The van der Waals surface area contributed by atoms with Crippen LogP contribution in [0.4, 0.5) is 0 Å². The normalized spacial score (nSPS) is 27.5. The van der Waals surface area contributed by atoms with Crippen molar-refractivity contribution in [2.45, 2.75) is 108 Å². The standard InChI is InChI=1S/C26H42N2O5/c29-19-26(14-8-9-15-26)28-23(30)17-21-12-6-1-2-7-13-24(31)33-18-22(27-25(21)32)16-20-10-4-3-5-11-20/h1,6,20-22,29H,2-5,7-19H2,(H,27,32)(H,28,30). The van der Waals surface area contributed by atoms with Crippen LogP contribution in [-0.2, 0) is 19.1 Å². The Balaban J connectivity index is 1.65. The van der Waals surface area contributed by atoms with Gasteiger partial charge in [-0.25, -0.2) is 0 Å². The van der Waals surface area contributed by atoms with Crippen LogP contribution in [0.3, 0.4) is 0 Å². The highest BCUT2D eigenvalue weighted by molar-refractivity contribution is 5.86. The number of ether oxygens (including phenoxy) is 1. The zero-order valence-electron chi connectivity index (χ0n) is 20.0. The first kappa shape index (κ1) is 25.7. The molecule has 0 bridgehead atoms. The molecule has 0 spiro atoms. The number of hydrogen-bond donors (Lipinski definition) is 3. The maximum atomic E-state index is 13.3. The van der Waals surface area contributed by atoms with Crippen molar-refractivity contribution in [3.63, 3.8) is 0 Å². The fourth-order valence-electron chi connectivity index (χ4n) is 5.55. The summed E-state index contributed by atoms with van der Waals surface area (Å²) in [7, 11) is 0. The Morgan fingerprint density at radius 2 is 1.85 bits per heavy atom. The van der Waals surface area contributed by atoms with Crippen LogP contribution in [0.5, 0.6) is 0 Å². The monoisotopic (exact) mass is 462 g/mol. The highest BCUT2D eigenvalue weighted by Gasteiger charge is 2.35. The second-order valence-electron chi connectivity index (χ2n) is 10.3. The second-order valence-corrected chi connectivity index (χ2v) is 10.3. The molecule has 0 aromatic carbocycles. The number of nitrogens with one attached hydrogen (secondary N) is 2. The third kappa shape index (κ3) is 8.43. The third-order valence-corrected chi connectivity index (χ3v) is 7.54. The molecule has 3 rings (SSSR count). The van der Waals surface area contributed by atoms with E-state index in [1.807, 2.05) is 12.2 Å². The molecule has 186 valence electrons. The van der Waals surface area contributed by atoms with E-state index in [0.29, 0.717) is 25.2 Å². The molecule has 0 radical (unpaired) electrons. The van der Waals surface area contributed by atoms with Gasteiger partial charge < -0.3 is 20.5 Å². The van der Waals surface area contributed by atoms with Gasteiger partial charge in [0.2, 0.25) is 11.8 Å². The van der Waals surface area contributed by atoms with Gasteiger partial charge in [-0.1, -0.05) is 57.1 Å². The molecule has 2 atom stereocenters. The van der Waals surface area contributed by atoms with Gasteiger partial charge in [0.05, 0.1) is 24.1 Å². The predicted octanol–water partition coefficient (Wildman–Crippen LogP) is 3.54. The van der Waals surface area contributed by atoms with Crippen molar-refractivity contribution in [3.8, 4) is 0 Å². The summed E-state index contributed by atoms with van der Waals surface area (Å²) >= 11 is 0. The van der Waals surface area contributed by atoms with E-state index in [9.17, 15) is 19.5 Å². The number of carbonyl (C=O) groups excluding carboxylic acids is 3. The first-order chi connectivity index (χ1) is 16.0. The number of aliphatic hydroxyl groups excluding tert-OH is 1. The van der Waals surface area contributed by atoms with Gasteiger partial charge in [0.15, 0.2) is 0 Å². The Kier molecular flexibility index (Phi) is 10.2. The minimum absolute atomic E-state index is 0.0651. The first-order valence-corrected chi connectivity index (χ1v) is 13.0. The molecule has 2 amide bonds. The van der Waals surface area contributed by atoms with Crippen molar-refractivity contribution >= 4 is 17.8 Å². The van der Waals surface area contributed by atoms with Gasteiger partial charge in [-0.05, 0) is 44.4 Å². The molecule has 3 aliphatic rings. The fraction of sp³-hybridized carbons (Fsp3) is 0.808. The topological polar surface area (TPSA) is 105 Å². The summed E-state index contributed by atoms with van der Waals surface area (Å²) in [6.45, 7) is 0.130. The molecule has 7 heteroatoms. The molecule has 0 aromatic rings. The summed E-state index contributed by atoms with van der Waals surface area (Å²) < 4.78 is 5.51. The summed E-state index contributed by atoms with van der Waals surface area (Å²) in [5, 5.41) is 16.0. The number of rotatable bonds is 6. The highest BCUT2D eigenvalue weighted by Crippen LogP contribution is 2.30. The fourth-order valence-corrected chi connectivity index (χ4v) is 5.55. The molecular weight excluding hydrogens is 420 g/mol. The highest BCUT2D eigenvalue weighted by atomic mass is 16.5.